The largest absolute Gasteiger partial charge is 0.360 e. The fraction of sp³-hybridized carbons (Fsp3) is 0.200. The number of benzene rings is 1. The van der Waals surface area contributed by atoms with Gasteiger partial charge in [-0.05, 0) is 12.1 Å². The van der Waals surface area contributed by atoms with Crippen molar-refractivity contribution in [3.63, 3.8) is 0 Å². The van der Waals surface area contributed by atoms with Crippen molar-refractivity contribution in [1.82, 2.24) is 15.4 Å². The molecule has 0 N–H and O–H groups in total. The molecule has 1 aromatic carbocycles. The predicted molar refractivity (Wildman–Crippen MR) is 62.7 cm³/mol. The quantitative estimate of drug-likeness (QED) is 0.571. The molecule has 1 heterocycles. The number of amidine groups is 1. The fourth-order valence-electron chi connectivity index (χ4n) is 1.45. The highest BCUT2D eigenvalue weighted by atomic mass is 16.6. The van der Waals surface area contributed by atoms with Crippen molar-refractivity contribution in [3.8, 4) is 0 Å². The van der Waals surface area contributed by atoms with Crippen LogP contribution in [0.5, 0.6) is 0 Å². The highest BCUT2D eigenvalue weighted by Crippen LogP contribution is 2.14. The Morgan fingerprint density at radius 3 is 2.28 bits per heavy atom. The third-order valence-electron chi connectivity index (χ3n) is 2.38. The lowest BCUT2D eigenvalue weighted by molar-refractivity contribution is -0.384. The molecule has 0 saturated heterocycles. The maximum absolute atomic E-state index is 11.4. The molecule has 2 amide bonds. The molecule has 0 aromatic heterocycles. The van der Waals surface area contributed by atoms with Gasteiger partial charge in [-0.3, -0.25) is 10.1 Å². The average Bonchev–Trinajstić information content (AvgIpc) is 2.35. The molecular weight excluding hydrogens is 238 g/mol. The Kier molecular flexibility index (Phi) is 2.84. The summed E-state index contributed by atoms with van der Waals surface area (Å²) in [6.45, 7) is 0. The van der Waals surface area contributed by atoms with Crippen LogP contribution in [0.3, 0.4) is 0 Å². The number of carbonyl (C=O) groups excluding carboxylic acids is 1. The van der Waals surface area contributed by atoms with E-state index in [9.17, 15) is 14.9 Å². The van der Waals surface area contributed by atoms with Gasteiger partial charge in [0.1, 0.15) is 0 Å². The summed E-state index contributed by atoms with van der Waals surface area (Å²) in [7, 11) is 3.03. The number of hydrogen-bond acceptors (Lipinski definition) is 4. The van der Waals surface area contributed by atoms with E-state index in [-0.39, 0.29) is 11.7 Å². The summed E-state index contributed by atoms with van der Waals surface area (Å²) in [4.78, 5) is 21.5. The molecule has 0 atom stereocenters. The van der Waals surface area contributed by atoms with Gasteiger partial charge in [-0.2, -0.15) is 0 Å². The van der Waals surface area contributed by atoms with Crippen molar-refractivity contribution in [3.05, 3.63) is 39.9 Å². The average molecular weight is 248 g/mol. The summed E-state index contributed by atoms with van der Waals surface area (Å²) in [5.41, 5.74) is 4.58. The van der Waals surface area contributed by atoms with E-state index in [1.165, 1.54) is 38.4 Å². The van der Waals surface area contributed by atoms with Crippen LogP contribution in [0.2, 0.25) is 0 Å². The summed E-state index contributed by atoms with van der Waals surface area (Å²) in [6.07, 6.45) is 0. The number of hydrogen-bond donors (Lipinski definition) is 0. The van der Waals surface area contributed by atoms with E-state index < -0.39 is 4.92 Å². The number of carbonyl (C=O) groups is 1. The van der Waals surface area contributed by atoms with Crippen LogP contribution in [-0.4, -0.2) is 40.9 Å². The van der Waals surface area contributed by atoms with Crippen LogP contribution in [0.4, 0.5) is 10.5 Å². The summed E-state index contributed by atoms with van der Waals surface area (Å²) in [6, 6.07) is 5.46. The normalized spacial score (nSPS) is 15.2. The summed E-state index contributed by atoms with van der Waals surface area (Å²) < 4.78 is 0. The fourth-order valence-corrected chi connectivity index (χ4v) is 1.45. The summed E-state index contributed by atoms with van der Waals surface area (Å²) >= 11 is 0. The van der Waals surface area contributed by atoms with E-state index in [0.717, 1.165) is 10.0 Å². The highest BCUT2D eigenvalue weighted by molar-refractivity contribution is 6.01. The zero-order chi connectivity index (χ0) is 13.3. The molecule has 0 aliphatic carbocycles. The van der Waals surface area contributed by atoms with Crippen molar-refractivity contribution in [2.24, 2.45) is 5.10 Å². The lowest BCUT2D eigenvalue weighted by Crippen LogP contribution is -2.48. The first-order valence-electron chi connectivity index (χ1n) is 5.05. The topological polar surface area (TPSA) is 93.2 Å². The molecule has 2 rings (SSSR count). The molecular formula is C10H10N5O3. The minimum absolute atomic E-state index is 0.00653. The van der Waals surface area contributed by atoms with E-state index in [1.54, 1.807) is 0 Å². The maximum Gasteiger partial charge on any atom is 0.360 e. The van der Waals surface area contributed by atoms with Gasteiger partial charge in [-0.15, -0.1) is 10.5 Å². The minimum atomic E-state index is -0.481. The highest BCUT2D eigenvalue weighted by Gasteiger charge is 2.24. The van der Waals surface area contributed by atoms with E-state index in [2.05, 4.69) is 10.5 Å². The number of nitro benzene ring substituents is 1. The number of non-ortho nitro benzene ring substituents is 1. The van der Waals surface area contributed by atoms with Crippen LogP contribution in [0.15, 0.2) is 29.4 Å². The number of rotatable bonds is 2. The zero-order valence-electron chi connectivity index (χ0n) is 9.77. The van der Waals surface area contributed by atoms with Gasteiger partial charge >= 0.3 is 6.03 Å². The first kappa shape index (κ1) is 11.8. The monoisotopic (exact) mass is 248 g/mol. The smallest absolute Gasteiger partial charge is 0.258 e. The Labute approximate surface area is 103 Å². The van der Waals surface area contributed by atoms with Crippen molar-refractivity contribution in [2.75, 3.05) is 14.1 Å². The van der Waals surface area contributed by atoms with Gasteiger partial charge in [0.2, 0.25) is 0 Å². The Morgan fingerprint density at radius 2 is 1.78 bits per heavy atom. The van der Waals surface area contributed by atoms with E-state index in [4.69, 9.17) is 0 Å². The lowest BCUT2D eigenvalue weighted by Gasteiger charge is -2.26. The van der Waals surface area contributed by atoms with E-state index in [0.29, 0.717) is 11.4 Å². The van der Waals surface area contributed by atoms with Gasteiger partial charge in [0, 0.05) is 31.8 Å². The molecule has 18 heavy (non-hydrogen) atoms. The number of urea groups is 1. The minimum Gasteiger partial charge on any atom is -0.258 e. The van der Waals surface area contributed by atoms with Gasteiger partial charge in [-0.25, -0.2) is 14.8 Å². The van der Waals surface area contributed by atoms with Gasteiger partial charge in [0.15, 0.2) is 5.84 Å². The summed E-state index contributed by atoms with van der Waals surface area (Å²) in [5, 5.41) is 16.8. The van der Waals surface area contributed by atoms with Gasteiger partial charge in [-0.1, -0.05) is 0 Å². The summed E-state index contributed by atoms with van der Waals surface area (Å²) in [5.74, 6) is 0.328. The predicted octanol–water partition coefficient (Wildman–Crippen LogP) is 0.773. The molecule has 8 nitrogen and oxygen atoms in total. The molecule has 1 aromatic rings. The number of hydrazone groups is 1. The van der Waals surface area contributed by atoms with Crippen LogP contribution < -0.4 is 5.43 Å². The molecule has 8 heteroatoms. The first-order valence-corrected chi connectivity index (χ1v) is 5.05. The second kappa shape index (κ2) is 4.32. The number of amides is 2. The lowest BCUT2D eigenvalue weighted by atomic mass is 10.2. The van der Waals surface area contributed by atoms with Gasteiger partial charge < -0.3 is 0 Å². The van der Waals surface area contributed by atoms with Gasteiger partial charge in [0.05, 0.1) is 4.92 Å². The third-order valence-corrected chi connectivity index (χ3v) is 2.38. The molecule has 1 aliphatic heterocycles. The molecule has 93 valence electrons. The van der Waals surface area contributed by atoms with Crippen LogP contribution in [0.25, 0.3) is 0 Å². The molecule has 0 bridgehead atoms. The molecule has 0 spiro atoms. The molecule has 1 radical (unpaired) electrons. The van der Waals surface area contributed by atoms with Crippen LogP contribution in [-0.2, 0) is 0 Å². The second-order valence-electron chi connectivity index (χ2n) is 3.66. The SMILES string of the molecule is CN1[N]C(c2ccc([N+](=O)[O-])cc2)=NN(C)C1=O. The Bertz CT molecular complexity index is 525. The Balaban J connectivity index is 2.29. The van der Waals surface area contributed by atoms with Crippen molar-refractivity contribution >= 4 is 17.6 Å². The number of nitro groups is 1. The molecule has 0 saturated carbocycles. The molecule has 0 unspecified atom stereocenters. The molecule has 1 aliphatic rings. The van der Waals surface area contributed by atoms with Crippen LogP contribution >= 0.6 is 0 Å². The first-order chi connectivity index (χ1) is 8.49. The van der Waals surface area contributed by atoms with E-state index >= 15 is 0 Å². The molecule has 0 fully saturated rings. The third kappa shape index (κ3) is 2.08. The Morgan fingerprint density at radius 1 is 1.17 bits per heavy atom. The van der Waals surface area contributed by atoms with Crippen LogP contribution in [0, 0.1) is 10.1 Å². The van der Waals surface area contributed by atoms with E-state index in [1.807, 2.05) is 0 Å². The Hall–Kier alpha value is -2.64. The second-order valence-corrected chi connectivity index (χ2v) is 3.66. The number of nitrogens with zero attached hydrogens (tertiary/aromatic N) is 5. The van der Waals surface area contributed by atoms with Crippen LogP contribution in [0.1, 0.15) is 5.56 Å². The van der Waals surface area contributed by atoms with Crippen molar-refractivity contribution in [1.29, 1.82) is 0 Å². The van der Waals surface area contributed by atoms with Gasteiger partial charge in [0.25, 0.3) is 5.69 Å². The standard InChI is InChI=1S/C10H10N5O3/c1-13-10(16)14(2)12-9(11-13)7-3-5-8(6-4-7)15(17)18/h3-6H,1-2H3. The zero-order valence-corrected chi connectivity index (χ0v) is 9.77. The maximum atomic E-state index is 11.4. The van der Waals surface area contributed by atoms with Crippen molar-refractivity contribution in [2.45, 2.75) is 0 Å². The van der Waals surface area contributed by atoms with Crippen molar-refractivity contribution < 1.29 is 9.72 Å².